The Kier molecular flexibility index (Phi) is 5.00. The third-order valence-electron chi connectivity index (χ3n) is 4.08. The predicted molar refractivity (Wildman–Crippen MR) is 72.6 cm³/mol. The van der Waals surface area contributed by atoms with Crippen LogP contribution in [0.2, 0.25) is 0 Å². The van der Waals surface area contributed by atoms with Crippen molar-refractivity contribution in [1.82, 2.24) is 14.3 Å². The Morgan fingerprint density at radius 2 is 1.83 bits per heavy atom. The molecule has 1 heterocycles. The molecule has 2 rings (SSSR count). The van der Waals surface area contributed by atoms with Crippen LogP contribution >= 0.6 is 0 Å². The van der Waals surface area contributed by atoms with Crippen molar-refractivity contribution < 1.29 is 8.42 Å². The van der Waals surface area contributed by atoms with Gasteiger partial charge in [-0.25, -0.2) is 0 Å². The van der Waals surface area contributed by atoms with E-state index in [1.165, 1.54) is 6.42 Å². The molecule has 0 amide bonds. The first kappa shape index (κ1) is 14.2. The average molecular weight is 275 g/mol. The fourth-order valence-corrected chi connectivity index (χ4v) is 4.28. The molecule has 0 aromatic carbocycles. The highest BCUT2D eigenvalue weighted by Crippen LogP contribution is 2.23. The maximum absolute atomic E-state index is 12.3. The maximum atomic E-state index is 12.3. The molecule has 106 valence electrons. The largest absolute Gasteiger partial charge is 0.315 e. The van der Waals surface area contributed by atoms with Crippen LogP contribution < -0.4 is 10.0 Å². The minimum atomic E-state index is -3.32. The van der Waals surface area contributed by atoms with Crippen LogP contribution in [0, 0.1) is 0 Å². The quantitative estimate of drug-likeness (QED) is 0.799. The number of nitrogens with zero attached hydrogens (tertiary/aromatic N) is 1. The molecular formula is C12H25N3O2S. The van der Waals surface area contributed by atoms with E-state index >= 15 is 0 Å². The third kappa shape index (κ3) is 3.66. The summed E-state index contributed by atoms with van der Waals surface area (Å²) in [6.07, 6.45) is 7.51. The van der Waals surface area contributed by atoms with E-state index in [0.717, 1.165) is 51.6 Å². The summed E-state index contributed by atoms with van der Waals surface area (Å²) in [6.45, 7) is 1.74. The Bertz CT molecular complexity index is 346. The van der Waals surface area contributed by atoms with Crippen molar-refractivity contribution >= 4 is 10.2 Å². The maximum Gasteiger partial charge on any atom is 0.279 e. The average Bonchev–Trinajstić information content (AvgIpc) is 2.39. The van der Waals surface area contributed by atoms with E-state index in [1.807, 2.05) is 0 Å². The van der Waals surface area contributed by atoms with E-state index in [-0.39, 0.29) is 12.1 Å². The summed E-state index contributed by atoms with van der Waals surface area (Å²) >= 11 is 0. The molecule has 1 atom stereocenters. The first-order valence-electron chi connectivity index (χ1n) is 7.05. The van der Waals surface area contributed by atoms with Crippen LogP contribution in [0.3, 0.4) is 0 Å². The molecule has 18 heavy (non-hydrogen) atoms. The molecule has 1 aliphatic heterocycles. The van der Waals surface area contributed by atoms with Crippen LogP contribution in [-0.2, 0) is 10.2 Å². The molecule has 6 heteroatoms. The molecule has 1 saturated heterocycles. The monoisotopic (exact) mass is 275 g/mol. The molecular weight excluding hydrogens is 250 g/mol. The summed E-state index contributed by atoms with van der Waals surface area (Å²) in [5, 5.41) is 3.23. The molecule has 0 aromatic rings. The lowest BCUT2D eigenvalue weighted by atomic mass is 9.96. The lowest BCUT2D eigenvalue weighted by molar-refractivity contribution is 0.279. The van der Waals surface area contributed by atoms with Gasteiger partial charge in [0, 0.05) is 25.7 Å². The van der Waals surface area contributed by atoms with Gasteiger partial charge in [-0.3, -0.25) is 0 Å². The predicted octanol–water partition coefficient (Wildman–Crippen LogP) is 0.837. The van der Waals surface area contributed by atoms with Gasteiger partial charge in [0.05, 0.1) is 0 Å². The summed E-state index contributed by atoms with van der Waals surface area (Å²) in [5.41, 5.74) is 0. The molecule has 1 saturated carbocycles. The summed E-state index contributed by atoms with van der Waals surface area (Å²) in [4.78, 5) is 0. The van der Waals surface area contributed by atoms with Crippen molar-refractivity contribution in [3.63, 3.8) is 0 Å². The van der Waals surface area contributed by atoms with Crippen LogP contribution in [0.25, 0.3) is 0 Å². The Balaban J connectivity index is 1.91. The smallest absolute Gasteiger partial charge is 0.279 e. The second-order valence-electron chi connectivity index (χ2n) is 5.47. The number of hydrogen-bond donors (Lipinski definition) is 2. The number of piperidine rings is 1. The second kappa shape index (κ2) is 6.32. The van der Waals surface area contributed by atoms with Gasteiger partial charge in [-0.15, -0.1) is 0 Å². The van der Waals surface area contributed by atoms with Gasteiger partial charge in [0.1, 0.15) is 0 Å². The molecule has 2 N–H and O–H groups in total. The molecule has 1 aliphatic carbocycles. The third-order valence-corrected chi connectivity index (χ3v) is 5.77. The number of rotatable bonds is 4. The van der Waals surface area contributed by atoms with Gasteiger partial charge < -0.3 is 5.32 Å². The SMILES string of the molecule is CN(C1CCCCC1)S(=O)(=O)N[C@H]1CCCNC1. The first-order valence-corrected chi connectivity index (χ1v) is 8.49. The minimum Gasteiger partial charge on any atom is -0.315 e. The zero-order valence-electron chi connectivity index (χ0n) is 11.2. The second-order valence-corrected chi connectivity index (χ2v) is 7.24. The van der Waals surface area contributed by atoms with Crippen molar-refractivity contribution in [3.8, 4) is 0 Å². The van der Waals surface area contributed by atoms with Crippen LogP contribution in [0.4, 0.5) is 0 Å². The molecule has 2 fully saturated rings. The van der Waals surface area contributed by atoms with Gasteiger partial charge in [0.15, 0.2) is 0 Å². The topological polar surface area (TPSA) is 61.4 Å². The summed E-state index contributed by atoms with van der Waals surface area (Å²) in [6, 6.07) is 0.239. The normalized spacial score (nSPS) is 27.6. The number of nitrogens with one attached hydrogen (secondary N) is 2. The molecule has 0 spiro atoms. The zero-order valence-corrected chi connectivity index (χ0v) is 12.0. The molecule has 5 nitrogen and oxygen atoms in total. The highest BCUT2D eigenvalue weighted by molar-refractivity contribution is 7.87. The molecule has 0 unspecified atom stereocenters. The van der Waals surface area contributed by atoms with E-state index in [0.29, 0.717) is 0 Å². The van der Waals surface area contributed by atoms with E-state index in [9.17, 15) is 8.42 Å². The zero-order chi connectivity index (χ0) is 13.0. The van der Waals surface area contributed by atoms with Crippen molar-refractivity contribution in [2.24, 2.45) is 0 Å². The summed E-state index contributed by atoms with van der Waals surface area (Å²) in [7, 11) is -1.60. The Labute approximate surface area is 110 Å². The minimum absolute atomic E-state index is 0.0507. The van der Waals surface area contributed by atoms with Gasteiger partial charge in [0.2, 0.25) is 0 Å². The van der Waals surface area contributed by atoms with Crippen molar-refractivity contribution in [3.05, 3.63) is 0 Å². The lowest BCUT2D eigenvalue weighted by Crippen LogP contribution is -2.52. The van der Waals surface area contributed by atoms with Gasteiger partial charge in [0.25, 0.3) is 10.2 Å². The van der Waals surface area contributed by atoms with Crippen LogP contribution in [0.1, 0.15) is 44.9 Å². The van der Waals surface area contributed by atoms with E-state index in [1.54, 1.807) is 11.4 Å². The first-order chi connectivity index (χ1) is 8.59. The Hall–Kier alpha value is -0.170. The van der Waals surface area contributed by atoms with Gasteiger partial charge in [-0.05, 0) is 32.2 Å². The fourth-order valence-electron chi connectivity index (χ4n) is 2.89. The number of hydrogen-bond acceptors (Lipinski definition) is 3. The summed E-state index contributed by atoms with van der Waals surface area (Å²) in [5.74, 6) is 0. The van der Waals surface area contributed by atoms with Crippen molar-refractivity contribution in [2.45, 2.75) is 57.0 Å². The Morgan fingerprint density at radius 1 is 1.11 bits per heavy atom. The summed E-state index contributed by atoms with van der Waals surface area (Å²) < 4.78 is 29.0. The molecule has 0 bridgehead atoms. The standard InChI is InChI=1S/C12H25N3O2S/c1-15(12-7-3-2-4-8-12)18(16,17)14-11-6-5-9-13-10-11/h11-14H,2-10H2,1H3/t11-/m0/s1. The highest BCUT2D eigenvalue weighted by Gasteiger charge is 2.29. The van der Waals surface area contributed by atoms with E-state index in [4.69, 9.17) is 0 Å². The highest BCUT2D eigenvalue weighted by atomic mass is 32.2. The Morgan fingerprint density at radius 3 is 2.44 bits per heavy atom. The molecule has 0 radical (unpaired) electrons. The van der Waals surface area contributed by atoms with E-state index < -0.39 is 10.2 Å². The van der Waals surface area contributed by atoms with Gasteiger partial charge >= 0.3 is 0 Å². The fraction of sp³-hybridized carbons (Fsp3) is 1.00. The molecule has 0 aromatic heterocycles. The molecule has 2 aliphatic rings. The van der Waals surface area contributed by atoms with E-state index in [2.05, 4.69) is 10.0 Å². The van der Waals surface area contributed by atoms with Crippen LogP contribution in [-0.4, -0.2) is 44.9 Å². The van der Waals surface area contributed by atoms with Crippen LogP contribution in [0.15, 0.2) is 0 Å². The lowest BCUT2D eigenvalue weighted by Gasteiger charge is -2.32. The van der Waals surface area contributed by atoms with Gasteiger partial charge in [-0.1, -0.05) is 19.3 Å². The van der Waals surface area contributed by atoms with Crippen LogP contribution in [0.5, 0.6) is 0 Å². The van der Waals surface area contributed by atoms with Gasteiger partial charge in [-0.2, -0.15) is 17.4 Å². The van der Waals surface area contributed by atoms with Crippen molar-refractivity contribution in [1.29, 1.82) is 0 Å². The van der Waals surface area contributed by atoms with Crippen molar-refractivity contribution in [2.75, 3.05) is 20.1 Å².